The SMILES string of the molecule is COc1cccc(CNCCC2CCC(=O)N2Cc2cnc(C)cn2)c1. The average Bonchev–Trinajstić information content (AvgIpc) is 3.00. The molecular weight excluding hydrogens is 328 g/mol. The molecular formula is C20H26N4O2. The van der Waals surface area contributed by atoms with Crippen LogP contribution in [0.2, 0.25) is 0 Å². The van der Waals surface area contributed by atoms with Gasteiger partial charge in [-0.05, 0) is 44.0 Å². The summed E-state index contributed by atoms with van der Waals surface area (Å²) in [6.07, 6.45) is 5.99. The van der Waals surface area contributed by atoms with Crippen molar-refractivity contribution in [1.29, 1.82) is 0 Å². The molecule has 0 aliphatic carbocycles. The number of likely N-dealkylation sites (tertiary alicyclic amines) is 1. The number of aryl methyl sites for hydroxylation is 1. The Hall–Kier alpha value is -2.47. The number of amides is 1. The third kappa shape index (κ3) is 4.79. The first kappa shape index (κ1) is 18.3. The number of nitrogens with one attached hydrogen (secondary N) is 1. The van der Waals surface area contributed by atoms with E-state index in [1.165, 1.54) is 5.56 Å². The van der Waals surface area contributed by atoms with Gasteiger partial charge >= 0.3 is 0 Å². The van der Waals surface area contributed by atoms with Gasteiger partial charge < -0.3 is 15.0 Å². The van der Waals surface area contributed by atoms with Crippen molar-refractivity contribution in [3.63, 3.8) is 0 Å². The third-order valence-electron chi connectivity index (χ3n) is 4.74. The molecule has 138 valence electrons. The molecule has 1 saturated heterocycles. The lowest BCUT2D eigenvalue weighted by molar-refractivity contribution is -0.129. The van der Waals surface area contributed by atoms with E-state index in [9.17, 15) is 4.79 Å². The maximum Gasteiger partial charge on any atom is 0.223 e. The van der Waals surface area contributed by atoms with Gasteiger partial charge in [-0.2, -0.15) is 0 Å². The van der Waals surface area contributed by atoms with Crippen molar-refractivity contribution in [2.24, 2.45) is 0 Å². The lowest BCUT2D eigenvalue weighted by atomic mass is 10.1. The van der Waals surface area contributed by atoms with Gasteiger partial charge in [0.25, 0.3) is 0 Å². The molecule has 0 saturated carbocycles. The predicted molar refractivity (Wildman–Crippen MR) is 99.7 cm³/mol. The second-order valence-electron chi connectivity index (χ2n) is 6.68. The molecule has 1 atom stereocenters. The number of aromatic nitrogens is 2. The van der Waals surface area contributed by atoms with Gasteiger partial charge in [-0.15, -0.1) is 0 Å². The highest BCUT2D eigenvalue weighted by Gasteiger charge is 2.30. The summed E-state index contributed by atoms with van der Waals surface area (Å²) in [6, 6.07) is 8.32. The standard InChI is InChI=1S/C20H26N4O2/c1-15-11-23-17(13-22-15)14-24-18(6-7-20(24)25)8-9-21-12-16-4-3-5-19(10-16)26-2/h3-5,10-11,13,18,21H,6-9,12,14H2,1-2H3. The van der Waals surface area contributed by atoms with Crippen LogP contribution in [-0.4, -0.2) is 40.5 Å². The molecule has 1 unspecified atom stereocenters. The van der Waals surface area contributed by atoms with E-state index in [-0.39, 0.29) is 11.9 Å². The van der Waals surface area contributed by atoms with Gasteiger partial charge in [0.15, 0.2) is 0 Å². The van der Waals surface area contributed by atoms with E-state index >= 15 is 0 Å². The summed E-state index contributed by atoms with van der Waals surface area (Å²) in [5.41, 5.74) is 2.93. The zero-order valence-corrected chi connectivity index (χ0v) is 15.4. The first-order valence-corrected chi connectivity index (χ1v) is 9.06. The summed E-state index contributed by atoms with van der Waals surface area (Å²) in [5, 5.41) is 3.47. The first-order chi connectivity index (χ1) is 12.7. The number of hydrogen-bond donors (Lipinski definition) is 1. The Labute approximate surface area is 154 Å². The summed E-state index contributed by atoms with van der Waals surface area (Å²) >= 11 is 0. The smallest absolute Gasteiger partial charge is 0.223 e. The van der Waals surface area contributed by atoms with E-state index in [4.69, 9.17) is 4.74 Å². The van der Waals surface area contributed by atoms with Gasteiger partial charge in [0.1, 0.15) is 5.75 Å². The van der Waals surface area contributed by atoms with Gasteiger partial charge in [0, 0.05) is 25.2 Å². The Morgan fingerprint density at radius 1 is 1.31 bits per heavy atom. The summed E-state index contributed by atoms with van der Waals surface area (Å²) in [6.45, 7) is 4.12. The van der Waals surface area contributed by atoms with Gasteiger partial charge in [-0.3, -0.25) is 14.8 Å². The van der Waals surface area contributed by atoms with Crippen LogP contribution in [0.3, 0.4) is 0 Å². The van der Waals surface area contributed by atoms with E-state index < -0.39 is 0 Å². The Kier molecular flexibility index (Phi) is 6.17. The van der Waals surface area contributed by atoms with Crippen LogP contribution >= 0.6 is 0 Å². The van der Waals surface area contributed by atoms with E-state index in [0.29, 0.717) is 13.0 Å². The fourth-order valence-electron chi connectivity index (χ4n) is 3.27. The normalized spacial score (nSPS) is 16.9. The summed E-state index contributed by atoms with van der Waals surface area (Å²) in [4.78, 5) is 22.8. The third-order valence-corrected chi connectivity index (χ3v) is 4.74. The maximum absolute atomic E-state index is 12.2. The minimum absolute atomic E-state index is 0.213. The van der Waals surface area contributed by atoms with Crippen LogP contribution in [0.15, 0.2) is 36.7 Å². The van der Waals surface area contributed by atoms with E-state index in [1.807, 2.05) is 30.0 Å². The molecule has 1 N–H and O–H groups in total. The number of nitrogens with zero attached hydrogens (tertiary/aromatic N) is 3. The minimum atomic E-state index is 0.213. The number of ether oxygens (including phenoxy) is 1. The first-order valence-electron chi connectivity index (χ1n) is 9.06. The molecule has 1 aromatic carbocycles. The second kappa shape index (κ2) is 8.76. The van der Waals surface area contributed by atoms with Gasteiger partial charge in [-0.25, -0.2) is 0 Å². The van der Waals surface area contributed by atoms with Crippen molar-refractivity contribution in [3.8, 4) is 5.75 Å². The van der Waals surface area contributed by atoms with Crippen molar-refractivity contribution < 1.29 is 9.53 Å². The maximum atomic E-state index is 12.2. The van der Waals surface area contributed by atoms with Crippen LogP contribution < -0.4 is 10.1 Å². The fraction of sp³-hybridized carbons (Fsp3) is 0.450. The molecule has 1 aliphatic rings. The molecule has 1 aromatic heterocycles. The van der Waals surface area contributed by atoms with Crippen molar-refractivity contribution in [1.82, 2.24) is 20.2 Å². The zero-order chi connectivity index (χ0) is 18.4. The topological polar surface area (TPSA) is 67.3 Å². The van der Waals surface area contributed by atoms with Crippen molar-refractivity contribution >= 4 is 5.91 Å². The molecule has 2 aromatic rings. The summed E-state index contributed by atoms with van der Waals surface area (Å²) in [7, 11) is 1.68. The largest absolute Gasteiger partial charge is 0.497 e. The number of carbonyl (C=O) groups is 1. The van der Waals surface area contributed by atoms with Crippen LogP contribution in [0.4, 0.5) is 0 Å². The highest BCUT2D eigenvalue weighted by molar-refractivity contribution is 5.78. The Bertz CT molecular complexity index is 733. The second-order valence-corrected chi connectivity index (χ2v) is 6.68. The van der Waals surface area contributed by atoms with E-state index in [0.717, 1.165) is 43.1 Å². The molecule has 2 heterocycles. The molecule has 26 heavy (non-hydrogen) atoms. The van der Waals surface area contributed by atoms with Crippen LogP contribution in [0.5, 0.6) is 5.75 Å². The van der Waals surface area contributed by atoms with Crippen molar-refractivity contribution in [3.05, 3.63) is 53.6 Å². The van der Waals surface area contributed by atoms with Crippen LogP contribution in [0, 0.1) is 6.92 Å². The fourth-order valence-corrected chi connectivity index (χ4v) is 3.27. The number of benzene rings is 1. The van der Waals surface area contributed by atoms with E-state index in [1.54, 1.807) is 19.5 Å². The quantitative estimate of drug-likeness (QED) is 0.738. The number of rotatable bonds is 8. The summed E-state index contributed by atoms with van der Waals surface area (Å²) in [5.74, 6) is 1.08. The zero-order valence-electron chi connectivity index (χ0n) is 15.4. The molecule has 1 fully saturated rings. The number of carbonyl (C=O) groups excluding carboxylic acids is 1. The molecule has 1 amide bonds. The predicted octanol–water partition coefficient (Wildman–Crippen LogP) is 2.46. The Morgan fingerprint density at radius 2 is 2.19 bits per heavy atom. The monoisotopic (exact) mass is 354 g/mol. The molecule has 0 bridgehead atoms. The van der Waals surface area contributed by atoms with E-state index in [2.05, 4.69) is 21.4 Å². The molecule has 0 radical (unpaired) electrons. The minimum Gasteiger partial charge on any atom is -0.497 e. The number of methoxy groups -OCH3 is 1. The van der Waals surface area contributed by atoms with Gasteiger partial charge in [0.05, 0.1) is 31.2 Å². The summed E-state index contributed by atoms with van der Waals surface area (Å²) < 4.78 is 5.25. The molecule has 3 rings (SSSR count). The average molecular weight is 354 g/mol. The Balaban J connectivity index is 1.48. The van der Waals surface area contributed by atoms with Crippen LogP contribution in [0.1, 0.15) is 36.2 Å². The highest BCUT2D eigenvalue weighted by Crippen LogP contribution is 2.23. The van der Waals surface area contributed by atoms with Crippen LogP contribution in [0.25, 0.3) is 0 Å². The Morgan fingerprint density at radius 3 is 2.96 bits per heavy atom. The molecule has 0 spiro atoms. The van der Waals surface area contributed by atoms with Gasteiger partial charge in [0.2, 0.25) is 5.91 Å². The lowest BCUT2D eigenvalue weighted by Crippen LogP contribution is -2.35. The molecule has 6 nitrogen and oxygen atoms in total. The highest BCUT2D eigenvalue weighted by atomic mass is 16.5. The molecule has 6 heteroatoms. The van der Waals surface area contributed by atoms with Crippen molar-refractivity contribution in [2.45, 2.75) is 45.3 Å². The number of hydrogen-bond acceptors (Lipinski definition) is 5. The lowest BCUT2D eigenvalue weighted by Gasteiger charge is -2.24. The van der Waals surface area contributed by atoms with Crippen molar-refractivity contribution in [2.75, 3.05) is 13.7 Å². The van der Waals surface area contributed by atoms with Crippen LogP contribution in [-0.2, 0) is 17.9 Å². The molecule has 1 aliphatic heterocycles. The van der Waals surface area contributed by atoms with Gasteiger partial charge in [-0.1, -0.05) is 12.1 Å².